The number of likely N-dealkylation sites (tertiary alicyclic amines) is 1. The summed E-state index contributed by atoms with van der Waals surface area (Å²) in [6.45, 7) is 14.7. The van der Waals surface area contributed by atoms with E-state index in [9.17, 15) is 4.79 Å². The lowest BCUT2D eigenvalue weighted by atomic mass is 10.2. The van der Waals surface area contributed by atoms with E-state index in [0.29, 0.717) is 19.1 Å². The molecule has 1 aliphatic heterocycles. The maximum Gasteiger partial charge on any atom is 0.225 e. The smallest absolute Gasteiger partial charge is 0.225 e. The predicted molar refractivity (Wildman–Crippen MR) is 110 cm³/mol. The molecule has 24 heavy (non-hydrogen) atoms. The van der Waals surface area contributed by atoms with Gasteiger partial charge in [-0.3, -0.25) is 9.79 Å². The van der Waals surface area contributed by atoms with Crippen molar-refractivity contribution in [3.05, 3.63) is 0 Å². The van der Waals surface area contributed by atoms with Crippen molar-refractivity contribution in [2.75, 3.05) is 39.4 Å². The number of hydrogen-bond acceptors (Lipinski definition) is 3. The first-order valence-electron chi connectivity index (χ1n) is 8.85. The van der Waals surface area contributed by atoms with Crippen LogP contribution in [-0.4, -0.2) is 62.2 Å². The first kappa shape index (κ1) is 23.4. The highest BCUT2D eigenvalue weighted by Gasteiger charge is 2.27. The second-order valence-electron chi connectivity index (χ2n) is 6.80. The summed E-state index contributed by atoms with van der Waals surface area (Å²) in [6, 6.07) is 0.270. The largest absolute Gasteiger partial charge is 0.379 e. The highest BCUT2D eigenvalue weighted by molar-refractivity contribution is 14.0. The minimum atomic E-state index is 0. The molecule has 1 atom stereocenters. The van der Waals surface area contributed by atoms with Gasteiger partial charge in [-0.2, -0.15) is 0 Å². The second-order valence-corrected chi connectivity index (χ2v) is 6.80. The van der Waals surface area contributed by atoms with E-state index < -0.39 is 0 Å². The summed E-state index contributed by atoms with van der Waals surface area (Å²) < 4.78 is 5.55. The SMILES string of the molecule is CCNC(=NCCOCC(C)C)NC1CCN(C(=O)C(C)C)C1.I. The van der Waals surface area contributed by atoms with E-state index in [0.717, 1.165) is 38.6 Å². The molecule has 142 valence electrons. The topological polar surface area (TPSA) is 66.0 Å². The third-order valence-electron chi connectivity index (χ3n) is 3.64. The molecule has 1 unspecified atom stereocenters. The molecule has 0 aromatic carbocycles. The Labute approximate surface area is 164 Å². The fourth-order valence-electron chi connectivity index (χ4n) is 2.50. The molecule has 1 saturated heterocycles. The molecule has 1 rings (SSSR count). The Balaban J connectivity index is 0.00000529. The van der Waals surface area contributed by atoms with Gasteiger partial charge in [0.15, 0.2) is 5.96 Å². The molecule has 0 radical (unpaired) electrons. The normalized spacial score (nSPS) is 18.0. The van der Waals surface area contributed by atoms with Crippen molar-refractivity contribution < 1.29 is 9.53 Å². The van der Waals surface area contributed by atoms with Gasteiger partial charge >= 0.3 is 0 Å². The van der Waals surface area contributed by atoms with Gasteiger partial charge in [0.25, 0.3) is 0 Å². The zero-order valence-electron chi connectivity index (χ0n) is 15.8. The second kappa shape index (κ2) is 12.7. The summed E-state index contributed by atoms with van der Waals surface area (Å²) in [5, 5.41) is 6.69. The molecule has 0 saturated carbocycles. The van der Waals surface area contributed by atoms with E-state index in [2.05, 4.69) is 36.4 Å². The van der Waals surface area contributed by atoms with Crippen LogP contribution in [0.5, 0.6) is 0 Å². The van der Waals surface area contributed by atoms with Crippen LogP contribution in [0.3, 0.4) is 0 Å². The van der Waals surface area contributed by atoms with Crippen LogP contribution in [0.1, 0.15) is 41.0 Å². The number of nitrogens with zero attached hydrogens (tertiary/aromatic N) is 2. The number of nitrogens with one attached hydrogen (secondary N) is 2. The first-order chi connectivity index (χ1) is 10.9. The molecule has 0 aromatic heterocycles. The lowest BCUT2D eigenvalue weighted by molar-refractivity contribution is -0.133. The van der Waals surface area contributed by atoms with Crippen LogP contribution in [0.4, 0.5) is 0 Å². The van der Waals surface area contributed by atoms with Crippen LogP contribution >= 0.6 is 24.0 Å². The van der Waals surface area contributed by atoms with Crippen LogP contribution < -0.4 is 10.6 Å². The van der Waals surface area contributed by atoms with Gasteiger partial charge < -0.3 is 20.3 Å². The molecule has 0 bridgehead atoms. The molecular weight excluding hydrogens is 419 g/mol. The summed E-state index contributed by atoms with van der Waals surface area (Å²) in [5.41, 5.74) is 0. The Bertz CT molecular complexity index is 389. The summed E-state index contributed by atoms with van der Waals surface area (Å²) >= 11 is 0. The van der Waals surface area contributed by atoms with E-state index in [1.807, 2.05) is 18.7 Å². The van der Waals surface area contributed by atoms with E-state index in [4.69, 9.17) is 4.74 Å². The maximum absolute atomic E-state index is 12.0. The summed E-state index contributed by atoms with van der Waals surface area (Å²) in [5.74, 6) is 1.66. The molecule has 0 aromatic rings. The van der Waals surface area contributed by atoms with Crippen molar-refractivity contribution in [3.8, 4) is 0 Å². The highest BCUT2D eigenvalue weighted by Crippen LogP contribution is 2.12. The first-order valence-corrected chi connectivity index (χ1v) is 8.85. The van der Waals surface area contributed by atoms with Crippen LogP contribution in [0, 0.1) is 11.8 Å². The molecule has 6 nitrogen and oxygen atoms in total. The number of amides is 1. The number of rotatable bonds is 8. The van der Waals surface area contributed by atoms with Crippen molar-refractivity contribution >= 4 is 35.8 Å². The number of guanidine groups is 1. The maximum atomic E-state index is 12.0. The van der Waals surface area contributed by atoms with Gasteiger partial charge in [0, 0.05) is 38.2 Å². The van der Waals surface area contributed by atoms with Gasteiger partial charge in [-0.25, -0.2) is 0 Å². The van der Waals surface area contributed by atoms with Crippen LogP contribution in [0.25, 0.3) is 0 Å². The average Bonchev–Trinajstić information content (AvgIpc) is 2.94. The highest BCUT2D eigenvalue weighted by atomic mass is 127. The molecule has 1 amide bonds. The molecular formula is C17H35IN4O2. The molecule has 7 heteroatoms. The van der Waals surface area contributed by atoms with Gasteiger partial charge in [-0.15, -0.1) is 24.0 Å². The van der Waals surface area contributed by atoms with E-state index in [1.165, 1.54) is 0 Å². The Morgan fingerprint density at radius 1 is 1.33 bits per heavy atom. The van der Waals surface area contributed by atoms with E-state index in [1.54, 1.807) is 0 Å². The van der Waals surface area contributed by atoms with Crippen LogP contribution in [0.2, 0.25) is 0 Å². The summed E-state index contributed by atoms with van der Waals surface area (Å²) in [6.07, 6.45) is 0.965. The molecule has 0 spiro atoms. The van der Waals surface area contributed by atoms with Crippen molar-refractivity contribution in [1.82, 2.24) is 15.5 Å². The Morgan fingerprint density at radius 2 is 2.04 bits per heavy atom. The van der Waals surface area contributed by atoms with Gasteiger partial charge in [-0.05, 0) is 19.3 Å². The average molecular weight is 454 g/mol. The summed E-state index contributed by atoms with van der Waals surface area (Å²) in [4.78, 5) is 18.5. The number of aliphatic imine (C=N–C) groups is 1. The third kappa shape index (κ3) is 9.05. The zero-order chi connectivity index (χ0) is 17.2. The molecule has 2 N–H and O–H groups in total. The Hall–Kier alpha value is -0.570. The van der Waals surface area contributed by atoms with Gasteiger partial charge in [0.1, 0.15) is 0 Å². The van der Waals surface area contributed by atoms with Gasteiger partial charge in [0.05, 0.1) is 13.2 Å². The lowest BCUT2D eigenvalue weighted by Crippen LogP contribution is -2.45. The third-order valence-corrected chi connectivity index (χ3v) is 3.64. The van der Waals surface area contributed by atoms with Gasteiger partial charge in [0.2, 0.25) is 5.91 Å². The Morgan fingerprint density at radius 3 is 2.62 bits per heavy atom. The molecule has 1 fully saturated rings. The lowest BCUT2D eigenvalue weighted by Gasteiger charge is -2.20. The standard InChI is InChI=1S/C17H34N4O2.HI/c1-6-18-17(19-8-10-23-12-13(2)3)20-15-7-9-21(11-15)16(22)14(4)5;/h13-15H,6-12H2,1-5H3,(H2,18,19,20);1H. The minimum absolute atomic E-state index is 0. The Kier molecular flexibility index (Phi) is 12.4. The number of hydrogen-bond donors (Lipinski definition) is 2. The van der Waals surface area contributed by atoms with Crippen molar-refractivity contribution in [2.24, 2.45) is 16.8 Å². The molecule has 1 aliphatic rings. The van der Waals surface area contributed by atoms with Gasteiger partial charge in [-0.1, -0.05) is 27.7 Å². The van der Waals surface area contributed by atoms with Crippen LogP contribution in [-0.2, 0) is 9.53 Å². The number of halogens is 1. The summed E-state index contributed by atoms with van der Waals surface area (Å²) in [7, 11) is 0. The molecule has 1 heterocycles. The minimum Gasteiger partial charge on any atom is -0.379 e. The zero-order valence-corrected chi connectivity index (χ0v) is 18.1. The quantitative estimate of drug-likeness (QED) is 0.255. The van der Waals surface area contributed by atoms with Crippen molar-refractivity contribution in [1.29, 1.82) is 0 Å². The van der Waals surface area contributed by atoms with Crippen molar-refractivity contribution in [3.63, 3.8) is 0 Å². The number of carbonyl (C=O) groups is 1. The van der Waals surface area contributed by atoms with E-state index >= 15 is 0 Å². The predicted octanol–water partition coefficient (Wildman–Crippen LogP) is 2.09. The van der Waals surface area contributed by atoms with Crippen LogP contribution in [0.15, 0.2) is 4.99 Å². The van der Waals surface area contributed by atoms with Crippen molar-refractivity contribution in [2.45, 2.75) is 47.1 Å². The van der Waals surface area contributed by atoms with E-state index in [-0.39, 0.29) is 41.8 Å². The monoisotopic (exact) mass is 454 g/mol. The number of carbonyl (C=O) groups excluding carboxylic acids is 1. The molecule has 0 aliphatic carbocycles. The fourth-order valence-corrected chi connectivity index (χ4v) is 2.50. The number of ether oxygens (including phenoxy) is 1. The fraction of sp³-hybridized carbons (Fsp3) is 0.882.